The number of halogens is 1. The third-order valence-electron chi connectivity index (χ3n) is 2.38. The Balaban J connectivity index is 2.04. The molecule has 0 bridgehead atoms. The minimum atomic E-state index is -0.350. The van der Waals surface area contributed by atoms with E-state index in [4.69, 9.17) is 5.21 Å². The third-order valence-corrected chi connectivity index (χ3v) is 2.38. The zero-order valence-electron chi connectivity index (χ0n) is 9.58. The predicted octanol–water partition coefficient (Wildman–Crippen LogP) is 2.30. The number of carbonyl (C=O) groups is 1. The Kier molecular flexibility index (Phi) is 6.03. The van der Waals surface area contributed by atoms with Crippen molar-refractivity contribution in [2.75, 3.05) is 11.9 Å². The fourth-order valence-corrected chi connectivity index (χ4v) is 1.44. The van der Waals surface area contributed by atoms with Gasteiger partial charge in [-0.1, -0.05) is 6.42 Å². The number of amides is 1. The minimum Gasteiger partial charge on any atom is -0.385 e. The lowest BCUT2D eigenvalue weighted by Gasteiger charge is -2.05. The average Bonchev–Trinajstić information content (AvgIpc) is 2.35. The molecule has 0 radical (unpaired) electrons. The number of hydroxylamine groups is 1. The fourth-order valence-electron chi connectivity index (χ4n) is 1.44. The first kappa shape index (κ1) is 13.4. The summed E-state index contributed by atoms with van der Waals surface area (Å²) in [5, 5.41) is 11.4. The molecule has 0 aliphatic rings. The molecule has 1 rings (SSSR count). The zero-order chi connectivity index (χ0) is 12.5. The van der Waals surface area contributed by atoms with Crippen molar-refractivity contribution in [3.8, 4) is 0 Å². The van der Waals surface area contributed by atoms with Crippen LogP contribution in [0.25, 0.3) is 0 Å². The van der Waals surface area contributed by atoms with Gasteiger partial charge in [0.2, 0.25) is 5.91 Å². The number of hydrogen-bond acceptors (Lipinski definition) is 3. The van der Waals surface area contributed by atoms with Gasteiger partial charge in [0.25, 0.3) is 0 Å². The van der Waals surface area contributed by atoms with E-state index in [1.165, 1.54) is 12.1 Å². The van der Waals surface area contributed by atoms with Crippen LogP contribution in [0.1, 0.15) is 25.7 Å². The van der Waals surface area contributed by atoms with Crippen molar-refractivity contribution in [2.24, 2.45) is 0 Å². The molecule has 94 valence electrons. The lowest BCUT2D eigenvalue weighted by molar-refractivity contribution is -0.129. The molecule has 17 heavy (non-hydrogen) atoms. The van der Waals surface area contributed by atoms with Gasteiger partial charge in [0.05, 0.1) is 0 Å². The average molecular weight is 240 g/mol. The van der Waals surface area contributed by atoms with Crippen molar-refractivity contribution in [1.29, 1.82) is 0 Å². The van der Waals surface area contributed by atoms with E-state index < -0.39 is 0 Å². The quantitative estimate of drug-likeness (QED) is 0.389. The third kappa shape index (κ3) is 5.87. The highest BCUT2D eigenvalue weighted by atomic mass is 19.1. The Morgan fingerprint density at radius 2 is 1.88 bits per heavy atom. The van der Waals surface area contributed by atoms with Crippen LogP contribution >= 0.6 is 0 Å². The van der Waals surface area contributed by atoms with Gasteiger partial charge in [-0.25, -0.2) is 9.87 Å². The predicted molar refractivity (Wildman–Crippen MR) is 63.3 cm³/mol. The second-order valence-corrected chi connectivity index (χ2v) is 3.78. The normalized spacial score (nSPS) is 10.0. The molecule has 0 aromatic heterocycles. The summed E-state index contributed by atoms with van der Waals surface area (Å²) in [6.07, 6.45) is 2.92. The lowest BCUT2D eigenvalue weighted by Crippen LogP contribution is -2.17. The number of carbonyl (C=O) groups excluding carboxylic acids is 1. The minimum absolute atomic E-state index is 0.245. The van der Waals surface area contributed by atoms with Crippen molar-refractivity contribution in [1.82, 2.24) is 5.48 Å². The zero-order valence-corrected chi connectivity index (χ0v) is 9.58. The van der Waals surface area contributed by atoms with Gasteiger partial charge in [0.15, 0.2) is 0 Å². The Morgan fingerprint density at radius 3 is 2.53 bits per heavy atom. The van der Waals surface area contributed by atoms with Crippen molar-refractivity contribution in [2.45, 2.75) is 25.7 Å². The number of unbranched alkanes of at least 4 members (excludes halogenated alkanes) is 2. The van der Waals surface area contributed by atoms with Crippen LogP contribution in [-0.2, 0) is 4.79 Å². The van der Waals surface area contributed by atoms with Crippen LogP contribution in [0.3, 0.4) is 0 Å². The van der Waals surface area contributed by atoms with Gasteiger partial charge in [-0.2, -0.15) is 0 Å². The molecular formula is C12H17FN2O2. The second kappa shape index (κ2) is 7.62. The fraction of sp³-hybridized carbons (Fsp3) is 0.417. The Bertz CT molecular complexity index is 341. The summed E-state index contributed by atoms with van der Waals surface area (Å²) in [6, 6.07) is 6.20. The highest BCUT2D eigenvalue weighted by molar-refractivity contribution is 5.74. The van der Waals surface area contributed by atoms with Crippen LogP contribution in [0.15, 0.2) is 24.3 Å². The number of anilines is 1. The molecule has 0 unspecified atom stereocenters. The Hall–Kier alpha value is -1.62. The molecule has 0 saturated carbocycles. The van der Waals surface area contributed by atoms with E-state index in [0.29, 0.717) is 6.42 Å². The SMILES string of the molecule is O=C(CCCCCNc1ccc(F)cc1)NO. The monoisotopic (exact) mass is 240 g/mol. The summed E-state index contributed by atoms with van der Waals surface area (Å²) in [5.41, 5.74) is 2.49. The van der Waals surface area contributed by atoms with E-state index in [0.717, 1.165) is 31.5 Å². The van der Waals surface area contributed by atoms with Gasteiger partial charge in [-0.15, -0.1) is 0 Å². The molecule has 0 atom stereocenters. The van der Waals surface area contributed by atoms with Gasteiger partial charge in [0.1, 0.15) is 5.82 Å². The summed E-state index contributed by atoms with van der Waals surface area (Å²) in [6.45, 7) is 0.784. The molecule has 0 aliphatic carbocycles. The smallest absolute Gasteiger partial charge is 0.243 e. The van der Waals surface area contributed by atoms with Gasteiger partial charge >= 0.3 is 0 Å². The van der Waals surface area contributed by atoms with Crippen LogP contribution in [0, 0.1) is 5.82 Å². The maximum Gasteiger partial charge on any atom is 0.243 e. The van der Waals surface area contributed by atoms with Gasteiger partial charge in [0, 0.05) is 18.7 Å². The molecule has 3 N–H and O–H groups in total. The molecule has 0 heterocycles. The first-order valence-electron chi connectivity index (χ1n) is 5.65. The van der Waals surface area contributed by atoms with Gasteiger partial charge in [-0.3, -0.25) is 10.0 Å². The Morgan fingerprint density at radius 1 is 1.18 bits per heavy atom. The van der Waals surface area contributed by atoms with Crippen LogP contribution in [0.5, 0.6) is 0 Å². The number of nitrogens with one attached hydrogen (secondary N) is 2. The number of benzene rings is 1. The molecule has 4 nitrogen and oxygen atoms in total. The Labute approximate surface area is 99.8 Å². The second-order valence-electron chi connectivity index (χ2n) is 3.78. The molecule has 0 aliphatic heterocycles. The highest BCUT2D eigenvalue weighted by Crippen LogP contribution is 2.08. The highest BCUT2D eigenvalue weighted by Gasteiger charge is 1.98. The van der Waals surface area contributed by atoms with Gasteiger partial charge < -0.3 is 5.32 Å². The van der Waals surface area contributed by atoms with Crippen LogP contribution in [0.4, 0.5) is 10.1 Å². The van der Waals surface area contributed by atoms with Crippen LogP contribution in [0.2, 0.25) is 0 Å². The molecule has 0 fully saturated rings. The molecule has 1 aromatic rings. The van der Waals surface area contributed by atoms with E-state index in [9.17, 15) is 9.18 Å². The van der Waals surface area contributed by atoms with Gasteiger partial charge in [-0.05, 0) is 37.1 Å². The molecule has 0 saturated heterocycles. The number of hydrogen-bond donors (Lipinski definition) is 3. The van der Waals surface area contributed by atoms with E-state index in [2.05, 4.69) is 5.32 Å². The molecule has 1 amide bonds. The summed E-state index contributed by atoms with van der Waals surface area (Å²) in [4.78, 5) is 10.7. The maximum absolute atomic E-state index is 12.6. The maximum atomic E-state index is 12.6. The first-order valence-corrected chi connectivity index (χ1v) is 5.65. The van der Waals surface area contributed by atoms with Crippen molar-refractivity contribution >= 4 is 11.6 Å². The molecule has 1 aromatic carbocycles. The molecule has 0 spiro atoms. The summed E-state index contributed by atoms with van der Waals surface area (Å²) < 4.78 is 12.6. The van der Waals surface area contributed by atoms with E-state index in [1.807, 2.05) is 0 Å². The standard InChI is InChI=1S/C12H17FN2O2/c13-10-5-7-11(8-6-10)14-9-3-1-2-4-12(16)15-17/h5-8,14,17H,1-4,9H2,(H,15,16). The summed E-state index contributed by atoms with van der Waals surface area (Å²) in [5.74, 6) is -0.595. The van der Waals surface area contributed by atoms with Crippen LogP contribution < -0.4 is 10.8 Å². The molecular weight excluding hydrogens is 223 g/mol. The van der Waals surface area contributed by atoms with E-state index in [-0.39, 0.29) is 11.7 Å². The largest absolute Gasteiger partial charge is 0.385 e. The summed E-state index contributed by atoms with van der Waals surface area (Å²) in [7, 11) is 0. The lowest BCUT2D eigenvalue weighted by atomic mass is 10.2. The van der Waals surface area contributed by atoms with E-state index >= 15 is 0 Å². The van der Waals surface area contributed by atoms with Crippen molar-refractivity contribution < 1.29 is 14.4 Å². The first-order chi connectivity index (χ1) is 8.22. The van der Waals surface area contributed by atoms with Crippen molar-refractivity contribution in [3.63, 3.8) is 0 Å². The topological polar surface area (TPSA) is 61.4 Å². The molecule has 5 heteroatoms. The number of rotatable bonds is 7. The summed E-state index contributed by atoms with van der Waals surface area (Å²) >= 11 is 0. The van der Waals surface area contributed by atoms with E-state index in [1.54, 1.807) is 17.6 Å². The van der Waals surface area contributed by atoms with Crippen molar-refractivity contribution in [3.05, 3.63) is 30.1 Å². The van der Waals surface area contributed by atoms with Crippen LogP contribution in [-0.4, -0.2) is 17.7 Å².